The predicted molar refractivity (Wildman–Crippen MR) is 70.4 cm³/mol. The molecule has 0 fully saturated rings. The van der Waals surface area contributed by atoms with Crippen LogP contribution in [0.4, 0.5) is 0 Å². The molecule has 1 atom stereocenters. The standard InChI is InChI=1S/C13H23N3O2/c1-8(2)11-10(7-16(5)15-11)6-14-12(9(3)4)13(17)18/h7-9,12,14H,6H2,1-5H3,(H,17,18). The number of aliphatic carboxylic acids is 1. The third kappa shape index (κ3) is 3.57. The molecule has 0 aromatic carbocycles. The molecule has 0 radical (unpaired) electrons. The molecule has 1 unspecified atom stereocenters. The summed E-state index contributed by atoms with van der Waals surface area (Å²) in [4.78, 5) is 11.1. The summed E-state index contributed by atoms with van der Waals surface area (Å²) in [7, 11) is 1.88. The van der Waals surface area contributed by atoms with Crippen molar-refractivity contribution in [3.05, 3.63) is 17.5 Å². The number of aromatic nitrogens is 2. The normalized spacial score (nSPS) is 13.3. The van der Waals surface area contributed by atoms with E-state index in [9.17, 15) is 4.79 Å². The molecule has 102 valence electrons. The van der Waals surface area contributed by atoms with E-state index in [1.54, 1.807) is 4.68 Å². The average molecular weight is 253 g/mol. The fraction of sp³-hybridized carbons (Fsp3) is 0.692. The van der Waals surface area contributed by atoms with Crippen molar-refractivity contribution in [1.29, 1.82) is 0 Å². The molecule has 1 aromatic rings. The van der Waals surface area contributed by atoms with Crippen LogP contribution in [0.2, 0.25) is 0 Å². The molecular formula is C13H23N3O2. The highest BCUT2D eigenvalue weighted by molar-refractivity contribution is 5.73. The molecular weight excluding hydrogens is 230 g/mol. The Balaban J connectivity index is 2.76. The Labute approximate surface area is 108 Å². The van der Waals surface area contributed by atoms with Gasteiger partial charge in [0.15, 0.2) is 0 Å². The second-order valence-electron chi connectivity index (χ2n) is 5.31. The van der Waals surface area contributed by atoms with Crippen LogP contribution in [0.3, 0.4) is 0 Å². The number of rotatable bonds is 6. The Bertz CT molecular complexity index is 410. The molecule has 0 saturated heterocycles. The van der Waals surface area contributed by atoms with Crippen molar-refractivity contribution in [3.63, 3.8) is 0 Å². The Morgan fingerprint density at radius 2 is 2.06 bits per heavy atom. The molecule has 1 heterocycles. The van der Waals surface area contributed by atoms with Crippen molar-refractivity contribution < 1.29 is 9.90 Å². The highest BCUT2D eigenvalue weighted by Crippen LogP contribution is 2.17. The van der Waals surface area contributed by atoms with Crippen LogP contribution >= 0.6 is 0 Å². The first-order chi connectivity index (χ1) is 8.32. The molecule has 18 heavy (non-hydrogen) atoms. The molecule has 0 spiro atoms. The minimum absolute atomic E-state index is 0.0571. The third-order valence-electron chi connectivity index (χ3n) is 2.93. The zero-order valence-corrected chi connectivity index (χ0v) is 11.8. The van der Waals surface area contributed by atoms with Crippen LogP contribution < -0.4 is 5.32 Å². The van der Waals surface area contributed by atoms with Crippen LogP contribution in [0.5, 0.6) is 0 Å². The van der Waals surface area contributed by atoms with Crippen molar-refractivity contribution in [2.24, 2.45) is 13.0 Å². The second-order valence-corrected chi connectivity index (χ2v) is 5.31. The zero-order valence-electron chi connectivity index (χ0n) is 11.8. The molecule has 5 nitrogen and oxygen atoms in total. The van der Waals surface area contributed by atoms with E-state index >= 15 is 0 Å². The van der Waals surface area contributed by atoms with Gasteiger partial charge in [0.25, 0.3) is 0 Å². The summed E-state index contributed by atoms with van der Waals surface area (Å²) in [6.07, 6.45) is 1.95. The van der Waals surface area contributed by atoms with Gasteiger partial charge in [0.1, 0.15) is 6.04 Å². The molecule has 1 rings (SSSR count). The lowest BCUT2D eigenvalue weighted by molar-refractivity contribution is -0.140. The first-order valence-electron chi connectivity index (χ1n) is 6.31. The van der Waals surface area contributed by atoms with Gasteiger partial charge in [-0.1, -0.05) is 27.7 Å². The topological polar surface area (TPSA) is 67.2 Å². The number of hydrogen-bond acceptors (Lipinski definition) is 3. The molecule has 0 amide bonds. The van der Waals surface area contributed by atoms with E-state index in [1.807, 2.05) is 27.1 Å². The maximum atomic E-state index is 11.1. The van der Waals surface area contributed by atoms with Crippen LogP contribution in [0.15, 0.2) is 6.20 Å². The Morgan fingerprint density at radius 3 is 2.50 bits per heavy atom. The molecule has 0 aliphatic heterocycles. The van der Waals surface area contributed by atoms with Gasteiger partial charge in [-0.25, -0.2) is 0 Å². The highest BCUT2D eigenvalue weighted by atomic mass is 16.4. The van der Waals surface area contributed by atoms with Crippen molar-refractivity contribution in [1.82, 2.24) is 15.1 Å². The summed E-state index contributed by atoms with van der Waals surface area (Å²) in [5.74, 6) is -0.410. The molecule has 0 bridgehead atoms. The maximum absolute atomic E-state index is 11.1. The molecule has 0 saturated carbocycles. The first-order valence-corrected chi connectivity index (χ1v) is 6.31. The Hall–Kier alpha value is -1.36. The monoisotopic (exact) mass is 253 g/mol. The summed E-state index contributed by atoms with van der Waals surface area (Å²) in [6, 6.07) is -0.523. The summed E-state index contributed by atoms with van der Waals surface area (Å²) < 4.78 is 1.78. The lowest BCUT2D eigenvalue weighted by Gasteiger charge is -2.18. The van der Waals surface area contributed by atoms with Gasteiger partial charge in [-0.15, -0.1) is 0 Å². The molecule has 2 N–H and O–H groups in total. The minimum Gasteiger partial charge on any atom is -0.480 e. The number of carboxylic acid groups (broad SMARTS) is 1. The van der Waals surface area contributed by atoms with Gasteiger partial charge in [0.05, 0.1) is 5.69 Å². The average Bonchev–Trinajstić information content (AvgIpc) is 2.59. The van der Waals surface area contributed by atoms with Crippen LogP contribution in [0.1, 0.15) is 44.9 Å². The van der Waals surface area contributed by atoms with Crippen LogP contribution in [-0.2, 0) is 18.4 Å². The van der Waals surface area contributed by atoms with E-state index in [1.165, 1.54) is 0 Å². The largest absolute Gasteiger partial charge is 0.480 e. The van der Waals surface area contributed by atoms with E-state index in [4.69, 9.17) is 5.11 Å². The van der Waals surface area contributed by atoms with E-state index in [2.05, 4.69) is 24.3 Å². The summed E-state index contributed by atoms with van der Waals surface area (Å²) >= 11 is 0. The first kappa shape index (κ1) is 14.7. The van der Waals surface area contributed by atoms with Crippen LogP contribution in [-0.4, -0.2) is 26.9 Å². The number of nitrogens with one attached hydrogen (secondary N) is 1. The molecule has 5 heteroatoms. The van der Waals surface area contributed by atoms with Gasteiger partial charge in [-0.3, -0.25) is 14.8 Å². The van der Waals surface area contributed by atoms with Crippen molar-refractivity contribution >= 4 is 5.97 Å². The SMILES string of the molecule is CC(C)c1nn(C)cc1CNC(C(=O)O)C(C)C. The van der Waals surface area contributed by atoms with Crippen molar-refractivity contribution in [2.45, 2.75) is 46.2 Å². The predicted octanol–water partition coefficient (Wildman–Crippen LogP) is 1.74. The summed E-state index contributed by atoms with van der Waals surface area (Å²) in [5.41, 5.74) is 2.09. The van der Waals surface area contributed by atoms with Gasteiger partial charge in [0.2, 0.25) is 0 Å². The van der Waals surface area contributed by atoms with Crippen molar-refractivity contribution in [2.75, 3.05) is 0 Å². The van der Waals surface area contributed by atoms with E-state index in [0.717, 1.165) is 11.3 Å². The Morgan fingerprint density at radius 1 is 1.44 bits per heavy atom. The molecule has 0 aliphatic rings. The van der Waals surface area contributed by atoms with Crippen molar-refractivity contribution in [3.8, 4) is 0 Å². The number of aryl methyl sites for hydroxylation is 1. The smallest absolute Gasteiger partial charge is 0.320 e. The third-order valence-corrected chi connectivity index (χ3v) is 2.93. The fourth-order valence-electron chi connectivity index (χ4n) is 2.01. The lowest BCUT2D eigenvalue weighted by atomic mass is 10.0. The van der Waals surface area contributed by atoms with Crippen LogP contribution in [0.25, 0.3) is 0 Å². The highest BCUT2D eigenvalue weighted by Gasteiger charge is 2.21. The number of nitrogens with zero attached hydrogens (tertiary/aromatic N) is 2. The van der Waals surface area contributed by atoms with Gasteiger partial charge in [-0.2, -0.15) is 5.10 Å². The van der Waals surface area contributed by atoms with Gasteiger partial charge < -0.3 is 5.11 Å². The number of carbonyl (C=O) groups is 1. The Kier molecular flexibility index (Phi) is 4.90. The van der Waals surface area contributed by atoms with E-state index in [-0.39, 0.29) is 5.92 Å². The van der Waals surface area contributed by atoms with Gasteiger partial charge in [0, 0.05) is 25.4 Å². The number of hydrogen-bond donors (Lipinski definition) is 2. The fourth-order valence-corrected chi connectivity index (χ4v) is 2.01. The van der Waals surface area contributed by atoms with Gasteiger partial charge >= 0.3 is 5.97 Å². The molecule has 1 aromatic heterocycles. The van der Waals surface area contributed by atoms with Crippen LogP contribution in [0, 0.1) is 5.92 Å². The van der Waals surface area contributed by atoms with E-state index in [0.29, 0.717) is 12.5 Å². The summed E-state index contributed by atoms with van der Waals surface area (Å²) in [5, 5.41) is 16.6. The summed E-state index contributed by atoms with van der Waals surface area (Å²) in [6.45, 7) is 8.51. The minimum atomic E-state index is -0.806. The second kappa shape index (κ2) is 6.00. The lowest BCUT2D eigenvalue weighted by Crippen LogP contribution is -2.40. The quantitative estimate of drug-likeness (QED) is 0.810. The number of carboxylic acids is 1. The van der Waals surface area contributed by atoms with Gasteiger partial charge in [-0.05, 0) is 11.8 Å². The zero-order chi connectivity index (χ0) is 13.9. The van der Waals surface area contributed by atoms with E-state index < -0.39 is 12.0 Å². The molecule has 0 aliphatic carbocycles. The maximum Gasteiger partial charge on any atom is 0.320 e.